The van der Waals surface area contributed by atoms with Crippen LogP contribution >= 0.6 is 0 Å². The van der Waals surface area contributed by atoms with Crippen LogP contribution < -0.4 is 0 Å². The van der Waals surface area contributed by atoms with Crippen molar-refractivity contribution in [2.75, 3.05) is 13.1 Å². The maximum atomic E-state index is 11.2. The van der Waals surface area contributed by atoms with Crippen molar-refractivity contribution in [3.8, 4) is 0 Å². The predicted molar refractivity (Wildman–Crippen MR) is 58.7 cm³/mol. The van der Waals surface area contributed by atoms with E-state index in [1.807, 2.05) is 0 Å². The van der Waals surface area contributed by atoms with Crippen molar-refractivity contribution in [2.24, 2.45) is 11.3 Å². The van der Waals surface area contributed by atoms with E-state index in [1.165, 1.54) is 12.8 Å². The van der Waals surface area contributed by atoms with Gasteiger partial charge in [0.25, 0.3) is 0 Å². The lowest BCUT2D eigenvalue weighted by Gasteiger charge is -2.52. The van der Waals surface area contributed by atoms with Crippen LogP contribution in [0, 0.1) is 11.3 Å². The van der Waals surface area contributed by atoms with Crippen molar-refractivity contribution in [1.29, 1.82) is 0 Å². The maximum Gasteiger partial charge on any atom is 0.321 e. The van der Waals surface area contributed by atoms with E-state index in [0.29, 0.717) is 11.3 Å². The van der Waals surface area contributed by atoms with Gasteiger partial charge in [-0.15, -0.1) is 0 Å². The molecule has 0 radical (unpaired) electrons. The fourth-order valence-corrected chi connectivity index (χ4v) is 2.78. The smallest absolute Gasteiger partial charge is 0.321 e. The van der Waals surface area contributed by atoms with Gasteiger partial charge in [-0.3, -0.25) is 9.69 Å². The highest BCUT2D eigenvalue weighted by Gasteiger charge is 2.49. The van der Waals surface area contributed by atoms with Crippen LogP contribution in [0.25, 0.3) is 0 Å². The lowest BCUT2D eigenvalue weighted by molar-refractivity contribution is -0.151. The van der Waals surface area contributed by atoms with E-state index in [0.717, 1.165) is 25.9 Å². The molecule has 15 heavy (non-hydrogen) atoms. The Balaban J connectivity index is 1.93. The first-order valence-electron chi connectivity index (χ1n) is 6.09. The van der Waals surface area contributed by atoms with Gasteiger partial charge in [-0.1, -0.05) is 13.8 Å². The molecule has 3 nitrogen and oxygen atoms in total. The highest BCUT2D eigenvalue weighted by Crippen LogP contribution is 2.43. The molecule has 1 atom stereocenters. The summed E-state index contributed by atoms with van der Waals surface area (Å²) in [5.74, 6) is -0.174. The molecule has 1 aliphatic heterocycles. The first-order chi connectivity index (χ1) is 7.12. The summed E-state index contributed by atoms with van der Waals surface area (Å²) >= 11 is 0. The number of hydrogen-bond donors (Lipinski definition) is 1. The zero-order chi connectivity index (χ0) is 11.1. The third-order valence-electron chi connectivity index (χ3n) is 4.29. The molecule has 1 saturated carbocycles. The Labute approximate surface area is 91.5 Å². The molecule has 1 unspecified atom stereocenters. The highest BCUT2D eigenvalue weighted by molar-refractivity contribution is 5.74. The third kappa shape index (κ3) is 1.89. The van der Waals surface area contributed by atoms with Gasteiger partial charge < -0.3 is 5.11 Å². The van der Waals surface area contributed by atoms with Crippen molar-refractivity contribution in [3.63, 3.8) is 0 Å². The topological polar surface area (TPSA) is 40.5 Å². The lowest BCUT2D eigenvalue weighted by atomic mass is 9.74. The van der Waals surface area contributed by atoms with Crippen molar-refractivity contribution >= 4 is 5.97 Å². The molecule has 0 aromatic heterocycles. The van der Waals surface area contributed by atoms with Gasteiger partial charge in [0.2, 0.25) is 0 Å². The molecular formula is C12H21NO2. The van der Waals surface area contributed by atoms with Gasteiger partial charge in [0.05, 0.1) is 0 Å². The minimum Gasteiger partial charge on any atom is -0.480 e. The normalized spacial score (nSPS) is 27.1. The summed E-state index contributed by atoms with van der Waals surface area (Å²) in [6.07, 6.45) is 4.57. The standard InChI is InChI=1S/C12H21NO2/c1-3-12(4-2)7-13(8-12)10(11(14)15)9-5-6-9/h9-10H,3-8H2,1-2H3,(H,14,15). The van der Waals surface area contributed by atoms with Crippen LogP contribution in [0.2, 0.25) is 0 Å². The number of carboxylic acid groups (broad SMARTS) is 1. The molecule has 3 heteroatoms. The highest BCUT2D eigenvalue weighted by atomic mass is 16.4. The first-order valence-corrected chi connectivity index (χ1v) is 6.09. The molecule has 0 amide bonds. The second kappa shape index (κ2) is 3.78. The quantitative estimate of drug-likeness (QED) is 0.756. The van der Waals surface area contributed by atoms with Crippen LogP contribution in [-0.2, 0) is 4.79 Å². The van der Waals surface area contributed by atoms with E-state index in [2.05, 4.69) is 18.7 Å². The Morgan fingerprint density at radius 1 is 1.40 bits per heavy atom. The fourth-order valence-electron chi connectivity index (χ4n) is 2.78. The summed E-state index contributed by atoms with van der Waals surface area (Å²) in [6.45, 7) is 6.42. The number of nitrogens with zero attached hydrogens (tertiary/aromatic N) is 1. The molecule has 0 bridgehead atoms. The second-order valence-electron chi connectivity index (χ2n) is 5.23. The number of likely N-dealkylation sites (tertiary alicyclic amines) is 1. The molecule has 2 rings (SSSR count). The van der Waals surface area contributed by atoms with Crippen LogP contribution in [-0.4, -0.2) is 35.1 Å². The summed E-state index contributed by atoms with van der Waals surface area (Å²) in [5, 5.41) is 9.19. The number of hydrogen-bond acceptors (Lipinski definition) is 2. The van der Waals surface area contributed by atoms with Crippen LogP contribution in [0.15, 0.2) is 0 Å². The Bertz CT molecular complexity index is 248. The van der Waals surface area contributed by atoms with Crippen LogP contribution in [0.1, 0.15) is 39.5 Å². The minimum absolute atomic E-state index is 0.184. The fraction of sp³-hybridized carbons (Fsp3) is 0.917. The van der Waals surface area contributed by atoms with E-state index in [9.17, 15) is 9.90 Å². The first kappa shape index (κ1) is 10.9. The molecule has 0 spiro atoms. The van der Waals surface area contributed by atoms with E-state index in [1.54, 1.807) is 0 Å². The average Bonchev–Trinajstić information content (AvgIpc) is 2.93. The number of rotatable bonds is 5. The van der Waals surface area contributed by atoms with Crippen molar-refractivity contribution < 1.29 is 9.90 Å². The van der Waals surface area contributed by atoms with Gasteiger partial charge >= 0.3 is 5.97 Å². The summed E-state index contributed by atoms with van der Waals surface area (Å²) in [4.78, 5) is 13.3. The predicted octanol–water partition coefficient (Wildman–Crippen LogP) is 1.97. The number of carbonyl (C=O) groups is 1. The molecule has 0 aromatic carbocycles. The molecule has 1 heterocycles. The van der Waals surface area contributed by atoms with E-state index in [4.69, 9.17) is 0 Å². The number of aliphatic carboxylic acids is 1. The van der Waals surface area contributed by atoms with E-state index >= 15 is 0 Å². The van der Waals surface area contributed by atoms with Gasteiger partial charge in [-0.05, 0) is 37.0 Å². The zero-order valence-corrected chi connectivity index (χ0v) is 9.70. The van der Waals surface area contributed by atoms with Gasteiger partial charge in [0.15, 0.2) is 0 Å². The van der Waals surface area contributed by atoms with Crippen molar-refractivity contribution in [1.82, 2.24) is 4.90 Å². The molecule has 1 aliphatic carbocycles. The van der Waals surface area contributed by atoms with Crippen LogP contribution in [0.4, 0.5) is 0 Å². The summed E-state index contributed by atoms with van der Waals surface area (Å²) < 4.78 is 0. The second-order valence-corrected chi connectivity index (χ2v) is 5.23. The largest absolute Gasteiger partial charge is 0.480 e. The average molecular weight is 211 g/mol. The Kier molecular flexibility index (Phi) is 2.75. The van der Waals surface area contributed by atoms with Gasteiger partial charge in [-0.25, -0.2) is 0 Å². The summed E-state index contributed by atoms with van der Waals surface area (Å²) in [5.41, 5.74) is 0.419. The third-order valence-corrected chi connectivity index (χ3v) is 4.29. The Morgan fingerprint density at radius 2 is 1.93 bits per heavy atom. The van der Waals surface area contributed by atoms with Crippen molar-refractivity contribution in [3.05, 3.63) is 0 Å². The van der Waals surface area contributed by atoms with Gasteiger partial charge in [-0.2, -0.15) is 0 Å². The van der Waals surface area contributed by atoms with Gasteiger partial charge in [0.1, 0.15) is 6.04 Å². The Morgan fingerprint density at radius 3 is 2.27 bits per heavy atom. The minimum atomic E-state index is -0.613. The van der Waals surface area contributed by atoms with Crippen LogP contribution in [0.3, 0.4) is 0 Å². The van der Waals surface area contributed by atoms with E-state index in [-0.39, 0.29) is 6.04 Å². The number of carboxylic acids is 1. The Hall–Kier alpha value is -0.570. The molecule has 2 fully saturated rings. The summed E-state index contributed by atoms with van der Waals surface area (Å²) in [6, 6.07) is -0.184. The summed E-state index contributed by atoms with van der Waals surface area (Å²) in [7, 11) is 0. The van der Waals surface area contributed by atoms with Crippen LogP contribution in [0.5, 0.6) is 0 Å². The molecule has 86 valence electrons. The molecule has 1 N–H and O–H groups in total. The molecular weight excluding hydrogens is 190 g/mol. The monoisotopic (exact) mass is 211 g/mol. The van der Waals surface area contributed by atoms with E-state index < -0.39 is 5.97 Å². The van der Waals surface area contributed by atoms with Gasteiger partial charge in [0, 0.05) is 13.1 Å². The molecule has 2 aliphatic rings. The molecule has 1 saturated heterocycles. The zero-order valence-electron chi connectivity index (χ0n) is 9.70. The SMILES string of the molecule is CCC1(CC)CN(C(C(=O)O)C2CC2)C1. The lowest BCUT2D eigenvalue weighted by Crippen LogP contribution is -2.61. The maximum absolute atomic E-state index is 11.2. The molecule has 0 aromatic rings. The van der Waals surface area contributed by atoms with Crippen molar-refractivity contribution in [2.45, 2.75) is 45.6 Å².